The fraction of sp³-hybridized carbons (Fsp3) is 0.750. The first kappa shape index (κ1) is 17.7. The van der Waals surface area contributed by atoms with E-state index in [1.807, 2.05) is 31.5 Å². The number of carbonyl (C=O) groups excluding carboxylic acids is 1. The van der Waals surface area contributed by atoms with E-state index in [0.717, 1.165) is 24.4 Å². The molecule has 21 heavy (non-hydrogen) atoms. The largest absolute Gasteiger partial charge is 0.466 e. The molecule has 1 rings (SSSR count). The van der Waals surface area contributed by atoms with Crippen molar-refractivity contribution in [2.24, 2.45) is 17.1 Å². The van der Waals surface area contributed by atoms with Crippen LogP contribution in [-0.2, 0) is 22.5 Å². The summed E-state index contributed by atoms with van der Waals surface area (Å²) in [6.07, 6.45) is 1.30. The maximum absolute atomic E-state index is 12.5. The molecule has 2 N–H and O–H groups in total. The monoisotopic (exact) mass is 295 g/mol. The Morgan fingerprint density at radius 3 is 2.62 bits per heavy atom. The summed E-state index contributed by atoms with van der Waals surface area (Å²) in [4.78, 5) is 12.5. The summed E-state index contributed by atoms with van der Waals surface area (Å²) in [7, 11) is 0. The van der Waals surface area contributed by atoms with Crippen molar-refractivity contribution in [3.63, 3.8) is 0 Å². The second kappa shape index (κ2) is 7.59. The lowest BCUT2D eigenvalue weighted by atomic mass is 9.76. The van der Waals surface area contributed by atoms with Gasteiger partial charge in [0, 0.05) is 25.2 Å². The first-order valence-corrected chi connectivity index (χ1v) is 7.79. The van der Waals surface area contributed by atoms with Gasteiger partial charge in [-0.1, -0.05) is 13.8 Å². The van der Waals surface area contributed by atoms with Crippen LogP contribution in [0.25, 0.3) is 0 Å². The van der Waals surface area contributed by atoms with Crippen LogP contribution in [0, 0.1) is 18.3 Å². The minimum absolute atomic E-state index is 0.192. The molecule has 1 unspecified atom stereocenters. The van der Waals surface area contributed by atoms with Gasteiger partial charge in [0.1, 0.15) is 0 Å². The minimum atomic E-state index is -0.663. The normalized spacial score (nSPS) is 14.2. The Morgan fingerprint density at radius 1 is 1.48 bits per heavy atom. The van der Waals surface area contributed by atoms with E-state index in [1.165, 1.54) is 0 Å². The number of ether oxygens (including phenoxy) is 1. The fourth-order valence-corrected chi connectivity index (χ4v) is 2.89. The Morgan fingerprint density at radius 2 is 2.14 bits per heavy atom. The predicted molar refractivity (Wildman–Crippen MR) is 83.9 cm³/mol. The highest BCUT2D eigenvalue weighted by molar-refractivity contribution is 5.77. The molecule has 1 heterocycles. The van der Waals surface area contributed by atoms with E-state index in [0.29, 0.717) is 18.9 Å². The van der Waals surface area contributed by atoms with E-state index in [9.17, 15) is 4.79 Å². The first-order chi connectivity index (χ1) is 9.88. The molecular weight excluding hydrogens is 266 g/mol. The number of rotatable bonds is 8. The summed E-state index contributed by atoms with van der Waals surface area (Å²) in [6, 6.07) is 2.04. The lowest BCUT2D eigenvalue weighted by Crippen LogP contribution is -2.43. The van der Waals surface area contributed by atoms with Crippen molar-refractivity contribution in [3.8, 4) is 0 Å². The summed E-state index contributed by atoms with van der Waals surface area (Å²) < 4.78 is 7.25. The molecule has 0 bridgehead atoms. The highest BCUT2D eigenvalue weighted by atomic mass is 16.5. The maximum Gasteiger partial charge on any atom is 0.313 e. The summed E-state index contributed by atoms with van der Waals surface area (Å²) in [6.45, 7) is 11.5. The molecule has 1 atom stereocenters. The minimum Gasteiger partial charge on any atom is -0.466 e. The van der Waals surface area contributed by atoms with Crippen LogP contribution in [0.5, 0.6) is 0 Å². The number of nitrogens with two attached hydrogens (primary N) is 1. The van der Waals surface area contributed by atoms with Gasteiger partial charge in [-0.2, -0.15) is 5.10 Å². The molecule has 0 spiro atoms. The summed E-state index contributed by atoms with van der Waals surface area (Å²) in [5, 5.41) is 4.46. The van der Waals surface area contributed by atoms with Gasteiger partial charge >= 0.3 is 5.97 Å². The molecule has 0 aromatic carbocycles. The number of esters is 1. The third kappa shape index (κ3) is 4.30. The molecule has 5 heteroatoms. The highest BCUT2D eigenvalue weighted by Crippen LogP contribution is 2.32. The van der Waals surface area contributed by atoms with Gasteiger partial charge in [0.2, 0.25) is 0 Å². The molecular formula is C16H29N3O2. The van der Waals surface area contributed by atoms with Gasteiger partial charge in [-0.3, -0.25) is 9.48 Å². The lowest BCUT2D eigenvalue weighted by molar-refractivity contribution is -0.156. The highest BCUT2D eigenvalue weighted by Gasteiger charge is 2.40. The fourth-order valence-electron chi connectivity index (χ4n) is 2.89. The number of aryl methyl sites for hydroxylation is 2. The van der Waals surface area contributed by atoms with Gasteiger partial charge in [0.05, 0.1) is 17.7 Å². The standard InChI is InChI=1S/C16H29N3O2/c1-6-19-14(8-13(5)18-19)10-16(11-17,9-12(3)4)15(20)21-7-2/h8,12H,6-7,9-11,17H2,1-5H3. The second-order valence-corrected chi connectivity index (χ2v) is 6.07. The van der Waals surface area contributed by atoms with E-state index in [4.69, 9.17) is 10.5 Å². The third-order valence-electron chi connectivity index (χ3n) is 3.70. The quantitative estimate of drug-likeness (QED) is 0.747. The van der Waals surface area contributed by atoms with E-state index in [-0.39, 0.29) is 12.5 Å². The zero-order valence-corrected chi connectivity index (χ0v) is 14.0. The van der Waals surface area contributed by atoms with Crippen molar-refractivity contribution in [2.75, 3.05) is 13.2 Å². The van der Waals surface area contributed by atoms with Crippen LogP contribution < -0.4 is 5.73 Å². The molecule has 0 aliphatic heterocycles. The summed E-state index contributed by atoms with van der Waals surface area (Å²) >= 11 is 0. The number of hydrogen-bond acceptors (Lipinski definition) is 4. The predicted octanol–water partition coefficient (Wildman–Crippen LogP) is 2.31. The van der Waals surface area contributed by atoms with Crippen LogP contribution in [0.15, 0.2) is 6.07 Å². The van der Waals surface area contributed by atoms with Crippen LogP contribution >= 0.6 is 0 Å². The molecule has 0 amide bonds. The Bertz CT molecular complexity index is 468. The smallest absolute Gasteiger partial charge is 0.313 e. The zero-order chi connectivity index (χ0) is 16.0. The van der Waals surface area contributed by atoms with Crippen molar-refractivity contribution in [1.29, 1.82) is 0 Å². The summed E-state index contributed by atoms with van der Waals surface area (Å²) in [5.74, 6) is 0.180. The average molecular weight is 295 g/mol. The van der Waals surface area contributed by atoms with Crippen molar-refractivity contribution < 1.29 is 9.53 Å². The Hall–Kier alpha value is -1.36. The van der Waals surface area contributed by atoms with E-state index in [1.54, 1.807) is 0 Å². The van der Waals surface area contributed by atoms with Crippen molar-refractivity contribution in [3.05, 3.63) is 17.5 Å². The number of hydrogen-bond donors (Lipinski definition) is 1. The van der Waals surface area contributed by atoms with E-state index in [2.05, 4.69) is 18.9 Å². The SMILES string of the molecule is CCOC(=O)C(CN)(Cc1cc(C)nn1CC)CC(C)C. The molecule has 0 radical (unpaired) electrons. The molecule has 0 saturated carbocycles. The molecule has 120 valence electrons. The molecule has 1 aromatic heterocycles. The van der Waals surface area contributed by atoms with Gasteiger partial charge < -0.3 is 10.5 Å². The Balaban J connectivity index is 3.13. The number of nitrogens with zero attached hydrogens (tertiary/aromatic N) is 2. The molecule has 0 saturated heterocycles. The van der Waals surface area contributed by atoms with Gasteiger partial charge in [-0.05, 0) is 39.2 Å². The maximum atomic E-state index is 12.5. The van der Waals surface area contributed by atoms with Gasteiger partial charge in [-0.25, -0.2) is 0 Å². The first-order valence-electron chi connectivity index (χ1n) is 7.79. The van der Waals surface area contributed by atoms with Gasteiger partial charge in [0.25, 0.3) is 0 Å². The second-order valence-electron chi connectivity index (χ2n) is 6.07. The van der Waals surface area contributed by atoms with Crippen LogP contribution in [0.4, 0.5) is 0 Å². The molecule has 0 fully saturated rings. The van der Waals surface area contributed by atoms with Crippen LogP contribution in [-0.4, -0.2) is 28.9 Å². The lowest BCUT2D eigenvalue weighted by Gasteiger charge is -2.31. The van der Waals surface area contributed by atoms with Crippen molar-refractivity contribution in [1.82, 2.24) is 9.78 Å². The summed E-state index contributed by atoms with van der Waals surface area (Å²) in [5.41, 5.74) is 7.35. The van der Waals surface area contributed by atoms with Crippen LogP contribution in [0.1, 0.15) is 45.5 Å². The number of aromatic nitrogens is 2. The van der Waals surface area contributed by atoms with Gasteiger partial charge in [-0.15, -0.1) is 0 Å². The zero-order valence-electron chi connectivity index (χ0n) is 14.0. The molecule has 5 nitrogen and oxygen atoms in total. The van der Waals surface area contributed by atoms with Crippen molar-refractivity contribution >= 4 is 5.97 Å². The van der Waals surface area contributed by atoms with E-state index < -0.39 is 5.41 Å². The average Bonchev–Trinajstić information content (AvgIpc) is 2.77. The van der Waals surface area contributed by atoms with Crippen LogP contribution in [0.3, 0.4) is 0 Å². The van der Waals surface area contributed by atoms with E-state index >= 15 is 0 Å². The van der Waals surface area contributed by atoms with Crippen molar-refractivity contribution in [2.45, 2.75) is 54.0 Å². The Kier molecular flexibility index (Phi) is 6.40. The van der Waals surface area contributed by atoms with Crippen LogP contribution in [0.2, 0.25) is 0 Å². The molecule has 0 aliphatic rings. The topological polar surface area (TPSA) is 70.1 Å². The van der Waals surface area contributed by atoms with Gasteiger partial charge in [0.15, 0.2) is 0 Å². The Labute approximate surface area is 127 Å². The number of carbonyl (C=O) groups is 1. The third-order valence-corrected chi connectivity index (χ3v) is 3.70. The molecule has 1 aromatic rings. The molecule has 0 aliphatic carbocycles.